The largest absolute Gasteiger partial charge is 0.375 e. The van der Waals surface area contributed by atoms with Crippen LogP contribution in [-0.4, -0.2) is 62.1 Å². The fraction of sp³-hybridized carbons (Fsp3) is 0.615. The van der Waals surface area contributed by atoms with Crippen LogP contribution in [0.15, 0.2) is 30.0 Å². The number of hydrogen-bond donors (Lipinski definition) is 3. The fourth-order valence-corrected chi connectivity index (χ4v) is 5.47. The number of aromatic nitrogens is 4. The van der Waals surface area contributed by atoms with E-state index in [-0.39, 0.29) is 30.7 Å². The molecule has 1 saturated heterocycles. The number of piperidine rings is 1. The first-order valence-corrected chi connectivity index (χ1v) is 12.9. The molecule has 36 heavy (non-hydrogen) atoms. The lowest BCUT2D eigenvalue weighted by atomic mass is 9.81. The summed E-state index contributed by atoms with van der Waals surface area (Å²) in [5, 5.41) is 16.1. The van der Waals surface area contributed by atoms with Gasteiger partial charge in [0, 0.05) is 38.0 Å². The topological polar surface area (TPSA) is 98.0 Å². The summed E-state index contributed by atoms with van der Waals surface area (Å²) in [5.74, 6) is -1.98. The Morgan fingerprint density at radius 2 is 2.11 bits per heavy atom. The summed E-state index contributed by atoms with van der Waals surface area (Å²) in [6.45, 7) is 10.6. The van der Waals surface area contributed by atoms with Gasteiger partial charge >= 0.3 is 0 Å². The number of alkyl halides is 2. The maximum Gasteiger partial charge on any atom is 0.248 e. The van der Waals surface area contributed by atoms with Crippen LogP contribution in [0.4, 0.5) is 14.7 Å². The van der Waals surface area contributed by atoms with E-state index in [1.54, 1.807) is 19.3 Å². The van der Waals surface area contributed by atoms with Crippen molar-refractivity contribution in [3.8, 4) is 0 Å². The number of H-pyrrole nitrogens is 1. The molecule has 2 unspecified atom stereocenters. The number of imidazole rings is 1. The van der Waals surface area contributed by atoms with Crippen LogP contribution >= 0.6 is 0 Å². The third kappa shape index (κ3) is 6.08. The van der Waals surface area contributed by atoms with E-state index in [9.17, 15) is 8.78 Å². The fourth-order valence-electron chi connectivity index (χ4n) is 5.47. The Bertz CT molecular complexity index is 1090. The minimum atomic E-state index is -2.61. The Hall–Kier alpha value is -2.88. The predicted molar refractivity (Wildman–Crippen MR) is 139 cm³/mol. The minimum Gasteiger partial charge on any atom is -0.375 e. The van der Waals surface area contributed by atoms with Gasteiger partial charge in [-0.15, -0.1) is 0 Å². The first-order valence-electron chi connectivity index (χ1n) is 12.9. The van der Waals surface area contributed by atoms with Crippen LogP contribution in [-0.2, 0) is 6.54 Å². The van der Waals surface area contributed by atoms with Crippen LogP contribution in [0.3, 0.4) is 0 Å². The van der Waals surface area contributed by atoms with Crippen molar-refractivity contribution in [2.24, 2.45) is 16.8 Å². The van der Waals surface area contributed by atoms with Gasteiger partial charge in [-0.1, -0.05) is 6.58 Å². The molecular formula is C26H38F2N8. The van der Waals surface area contributed by atoms with E-state index in [0.29, 0.717) is 36.7 Å². The van der Waals surface area contributed by atoms with Gasteiger partial charge in [-0.25, -0.2) is 18.8 Å². The molecule has 3 N–H and O–H groups in total. The van der Waals surface area contributed by atoms with E-state index in [1.807, 2.05) is 17.7 Å². The van der Waals surface area contributed by atoms with Gasteiger partial charge in [-0.3, -0.25) is 4.68 Å². The molecule has 0 radical (unpaired) electrons. The van der Waals surface area contributed by atoms with E-state index in [0.717, 1.165) is 43.0 Å². The summed E-state index contributed by atoms with van der Waals surface area (Å²) < 4.78 is 29.7. The zero-order valence-electron chi connectivity index (χ0n) is 21.5. The number of likely N-dealkylation sites (tertiary alicyclic amines) is 1. The van der Waals surface area contributed by atoms with Crippen molar-refractivity contribution >= 4 is 23.1 Å². The van der Waals surface area contributed by atoms with Gasteiger partial charge in [-0.05, 0) is 65.1 Å². The van der Waals surface area contributed by atoms with Gasteiger partial charge < -0.3 is 20.6 Å². The summed E-state index contributed by atoms with van der Waals surface area (Å²) >= 11 is 0. The van der Waals surface area contributed by atoms with E-state index >= 15 is 0 Å². The summed E-state index contributed by atoms with van der Waals surface area (Å²) in [7, 11) is 2.09. The molecule has 0 aromatic carbocycles. The number of aryl methyl sites for hydroxylation is 1. The smallest absolute Gasteiger partial charge is 0.248 e. The highest BCUT2D eigenvalue weighted by Crippen LogP contribution is 2.42. The molecule has 2 fully saturated rings. The number of nitrogens with zero attached hydrogens (tertiary/aromatic N) is 5. The molecule has 1 aliphatic heterocycles. The number of nitrogens with one attached hydrogen (secondary N) is 3. The molecule has 2 aromatic heterocycles. The third-order valence-electron chi connectivity index (χ3n) is 7.43. The van der Waals surface area contributed by atoms with E-state index < -0.39 is 5.92 Å². The number of aromatic amines is 1. The second-order valence-corrected chi connectivity index (χ2v) is 10.2. The molecule has 8 nitrogen and oxygen atoms in total. The zero-order chi connectivity index (χ0) is 25.9. The molecule has 0 spiro atoms. The molecule has 0 bridgehead atoms. The first-order chi connectivity index (χ1) is 17.2. The maximum atomic E-state index is 13.9. The zero-order valence-corrected chi connectivity index (χ0v) is 21.5. The second kappa shape index (κ2) is 11.0. The van der Waals surface area contributed by atoms with Gasteiger partial charge in [0.1, 0.15) is 0 Å². The van der Waals surface area contributed by atoms with Crippen LogP contribution in [0.25, 0.3) is 5.70 Å². The van der Waals surface area contributed by atoms with Crippen molar-refractivity contribution in [2.45, 2.75) is 70.9 Å². The number of halogens is 2. The van der Waals surface area contributed by atoms with Crippen molar-refractivity contribution in [1.29, 1.82) is 5.41 Å². The monoisotopic (exact) mass is 500 g/mol. The van der Waals surface area contributed by atoms with Gasteiger partial charge in [0.2, 0.25) is 11.9 Å². The summed E-state index contributed by atoms with van der Waals surface area (Å²) in [4.78, 5) is 14.9. The quantitative estimate of drug-likeness (QED) is 0.412. The van der Waals surface area contributed by atoms with Gasteiger partial charge in [-0.2, -0.15) is 5.10 Å². The number of aliphatic imine (C=N–C) groups is 1. The van der Waals surface area contributed by atoms with Crippen molar-refractivity contribution in [3.63, 3.8) is 0 Å². The molecule has 4 rings (SSSR count). The lowest BCUT2D eigenvalue weighted by Gasteiger charge is -2.34. The Kier molecular flexibility index (Phi) is 8.02. The Balaban J connectivity index is 1.60. The number of rotatable bonds is 9. The highest BCUT2D eigenvalue weighted by atomic mass is 19.3. The highest BCUT2D eigenvalue weighted by Gasteiger charge is 2.39. The van der Waals surface area contributed by atoms with Gasteiger partial charge in [0.25, 0.3) is 0 Å². The van der Waals surface area contributed by atoms with Crippen LogP contribution in [0, 0.1) is 17.2 Å². The van der Waals surface area contributed by atoms with Gasteiger partial charge in [0.15, 0.2) is 0 Å². The first kappa shape index (κ1) is 26.2. The standard InChI is InChI=1S/C26H38F2N8/c1-5-36-22(10-13-31-36)18(3)32-24(19-8-11-26(27,28)12-9-19)21-15-30-25(33-21)34-23(17(2)29)20-7-6-14-35(4)16-20/h10,13,15,19-20,24,29,32H,3,5-9,11-12,14,16H2,1-2,4H3,(H,30,33)/b29-17?,34-23+. The molecule has 196 valence electrons. The lowest BCUT2D eigenvalue weighted by molar-refractivity contribution is -0.0493. The van der Waals surface area contributed by atoms with Crippen LogP contribution in [0.1, 0.15) is 69.8 Å². The number of hydrogen-bond acceptors (Lipinski definition) is 6. The van der Waals surface area contributed by atoms with E-state index in [4.69, 9.17) is 10.4 Å². The molecule has 2 aromatic rings. The van der Waals surface area contributed by atoms with Crippen molar-refractivity contribution in [1.82, 2.24) is 30.0 Å². The molecule has 3 heterocycles. The Labute approximate surface area is 211 Å². The SMILES string of the molecule is C=C(NC(c1cnc(/N=C(\C(C)=N)C2CCCN(C)C2)[nH]1)C1CCC(F)(F)CC1)c1ccnn1CC. The van der Waals surface area contributed by atoms with E-state index in [1.165, 1.54) is 0 Å². The Morgan fingerprint density at radius 3 is 2.78 bits per heavy atom. The van der Waals surface area contributed by atoms with Crippen molar-refractivity contribution < 1.29 is 8.78 Å². The average Bonchev–Trinajstić information content (AvgIpc) is 3.50. The molecule has 1 aliphatic carbocycles. The minimum absolute atomic E-state index is 0.00686. The normalized spacial score (nSPS) is 22.4. The molecule has 2 atom stereocenters. The highest BCUT2D eigenvalue weighted by molar-refractivity contribution is 6.41. The third-order valence-corrected chi connectivity index (χ3v) is 7.43. The lowest BCUT2D eigenvalue weighted by Crippen LogP contribution is -2.38. The predicted octanol–water partition coefficient (Wildman–Crippen LogP) is 5.21. The molecule has 10 heteroatoms. The summed E-state index contributed by atoms with van der Waals surface area (Å²) in [6, 6.07) is 1.63. The molecular weight excluding hydrogens is 462 g/mol. The van der Waals surface area contributed by atoms with Crippen LogP contribution in [0.2, 0.25) is 0 Å². The van der Waals surface area contributed by atoms with Gasteiger partial charge in [0.05, 0.1) is 40.7 Å². The Morgan fingerprint density at radius 1 is 1.36 bits per heavy atom. The van der Waals surface area contributed by atoms with Crippen molar-refractivity contribution in [2.75, 3.05) is 20.1 Å². The molecule has 0 amide bonds. The van der Waals surface area contributed by atoms with Crippen LogP contribution in [0.5, 0.6) is 0 Å². The van der Waals surface area contributed by atoms with Crippen molar-refractivity contribution in [3.05, 3.63) is 36.4 Å². The van der Waals surface area contributed by atoms with Crippen LogP contribution < -0.4 is 5.32 Å². The van der Waals surface area contributed by atoms with E-state index in [2.05, 4.69) is 38.9 Å². The molecule has 2 aliphatic rings. The molecule has 1 saturated carbocycles. The second-order valence-electron chi connectivity index (χ2n) is 10.2. The summed E-state index contributed by atoms with van der Waals surface area (Å²) in [6.07, 6.45) is 6.10. The summed E-state index contributed by atoms with van der Waals surface area (Å²) in [5.41, 5.74) is 3.54. The maximum absolute atomic E-state index is 13.9. The average molecular weight is 501 g/mol.